The minimum atomic E-state index is -0.941. The number of hydrogen-bond acceptors (Lipinski definition) is 4. The van der Waals surface area contributed by atoms with Crippen molar-refractivity contribution in [1.29, 1.82) is 0 Å². The van der Waals surface area contributed by atoms with Crippen LogP contribution in [-0.4, -0.2) is 54.8 Å². The first kappa shape index (κ1) is 15.3. The van der Waals surface area contributed by atoms with E-state index in [1.807, 2.05) is 6.92 Å². The molecule has 1 aromatic carbocycles. The summed E-state index contributed by atoms with van der Waals surface area (Å²) >= 11 is 0. The van der Waals surface area contributed by atoms with Gasteiger partial charge >= 0.3 is 5.97 Å². The number of nitrogens with zero attached hydrogens (tertiary/aromatic N) is 1. The monoisotopic (exact) mass is 293 g/mol. The number of methoxy groups -OCH3 is 1. The zero-order chi connectivity index (χ0) is 15.4. The lowest BCUT2D eigenvalue weighted by Crippen LogP contribution is -2.46. The molecule has 6 heteroatoms. The summed E-state index contributed by atoms with van der Waals surface area (Å²) in [6.07, 6.45) is 0. The quantitative estimate of drug-likeness (QED) is 0.884. The molecule has 1 aliphatic rings. The van der Waals surface area contributed by atoms with Crippen LogP contribution in [0.15, 0.2) is 24.3 Å². The number of hydrogen-bond donors (Lipinski definition) is 1. The van der Waals surface area contributed by atoms with Gasteiger partial charge in [-0.25, -0.2) is 0 Å². The highest BCUT2D eigenvalue weighted by molar-refractivity contribution is 5.97. The van der Waals surface area contributed by atoms with Crippen LogP contribution in [0, 0.1) is 5.92 Å². The second-order valence-corrected chi connectivity index (χ2v) is 4.84. The lowest BCUT2D eigenvalue weighted by Gasteiger charge is -2.29. The van der Waals surface area contributed by atoms with Crippen molar-refractivity contribution in [2.24, 2.45) is 5.92 Å². The highest BCUT2D eigenvalue weighted by Crippen LogP contribution is 2.25. The van der Waals surface area contributed by atoms with Gasteiger partial charge in [-0.3, -0.25) is 9.59 Å². The number of rotatable bonds is 5. The van der Waals surface area contributed by atoms with Crippen LogP contribution in [0.25, 0.3) is 0 Å². The molecule has 2 rings (SSSR count). The van der Waals surface area contributed by atoms with Crippen molar-refractivity contribution in [3.05, 3.63) is 29.8 Å². The van der Waals surface area contributed by atoms with Crippen molar-refractivity contribution >= 4 is 11.9 Å². The maximum atomic E-state index is 12.7. The largest absolute Gasteiger partial charge is 0.496 e. The van der Waals surface area contributed by atoms with Crippen LogP contribution >= 0.6 is 0 Å². The SMILES string of the molecule is CCN(C(=O)c1ccccc1OC)C1COCC1C(=O)O. The number of ether oxygens (including phenoxy) is 2. The fraction of sp³-hybridized carbons (Fsp3) is 0.467. The molecule has 0 aromatic heterocycles. The van der Waals surface area contributed by atoms with E-state index >= 15 is 0 Å². The highest BCUT2D eigenvalue weighted by atomic mass is 16.5. The summed E-state index contributed by atoms with van der Waals surface area (Å²) in [5, 5.41) is 9.24. The summed E-state index contributed by atoms with van der Waals surface area (Å²) in [6.45, 7) is 2.61. The molecule has 1 aliphatic heterocycles. The number of carbonyl (C=O) groups is 2. The Morgan fingerprint density at radius 1 is 1.38 bits per heavy atom. The Morgan fingerprint density at radius 3 is 2.71 bits per heavy atom. The molecule has 0 saturated carbocycles. The van der Waals surface area contributed by atoms with Gasteiger partial charge in [-0.2, -0.15) is 0 Å². The lowest BCUT2D eigenvalue weighted by molar-refractivity contribution is -0.142. The lowest BCUT2D eigenvalue weighted by atomic mass is 10.0. The molecular formula is C15H19NO5. The van der Waals surface area contributed by atoms with E-state index in [0.29, 0.717) is 17.9 Å². The number of para-hydroxylation sites is 1. The summed E-state index contributed by atoms with van der Waals surface area (Å²) < 4.78 is 10.5. The number of amides is 1. The normalized spacial score (nSPS) is 21.0. The van der Waals surface area contributed by atoms with Crippen molar-refractivity contribution in [1.82, 2.24) is 4.90 Å². The van der Waals surface area contributed by atoms with E-state index in [1.54, 1.807) is 29.2 Å². The molecule has 1 saturated heterocycles. The predicted octanol–water partition coefficient (Wildman–Crippen LogP) is 1.26. The first-order chi connectivity index (χ1) is 10.1. The summed E-state index contributed by atoms with van der Waals surface area (Å²) in [6, 6.07) is 6.47. The van der Waals surface area contributed by atoms with E-state index < -0.39 is 17.9 Å². The molecule has 0 spiro atoms. The molecule has 0 radical (unpaired) electrons. The minimum absolute atomic E-state index is 0.135. The van der Waals surface area contributed by atoms with Crippen LogP contribution in [0.4, 0.5) is 0 Å². The maximum Gasteiger partial charge on any atom is 0.311 e. The fourth-order valence-electron chi connectivity index (χ4n) is 2.59. The van der Waals surface area contributed by atoms with E-state index in [9.17, 15) is 14.7 Å². The van der Waals surface area contributed by atoms with Gasteiger partial charge in [0.05, 0.1) is 31.9 Å². The third-order valence-corrected chi connectivity index (χ3v) is 3.71. The van der Waals surface area contributed by atoms with Crippen molar-refractivity contribution < 1.29 is 24.2 Å². The molecule has 114 valence electrons. The van der Waals surface area contributed by atoms with Crippen LogP contribution in [0.3, 0.4) is 0 Å². The third kappa shape index (κ3) is 3.00. The van der Waals surface area contributed by atoms with Crippen LogP contribution in [0.5, 0.6) is 5.75 Å². The van der Waals surface area contributed by atoms with E-state index in [1.165, 1.54) is 7.11 Å². The van der Waals surface area contributed by atoms with Crippen molar-refractivity contribution in [3.63, 3.8) is 0 Å². The van der Waals surface area contributed by atoms with Gasteiger partial charge in [0.25, 0.3) is 5.91 Å². The zero-order valence-corrected chi connectivity index (χ0v) is 12.1. The van der Waals surface area contributed by atoms with Gasteiger partial charge in [0.1, 0.15) is 11.7 Å². The molecule has 1 N–H and O–H groups in total. The number of carboxylic acid groups (broad SMARTS) is 1. The van der Waals surface area contributed by atoms with Crippen molar-refractivity contribution in [2.45, 2.75) is 13.0 Å². The Balaban J connectivity index is 2.28. The van der Waals surface area contributed by atoms with Gasteiger partial charge in [-0.1, -0.05) is 12.1 Å². The molecule has 0 aliphatic carbocycles. The number of carbonyl (C=O) groups excluding carboxylic acids is 1. The number of carboxylic acids is 1. The maximum absolute atomic E-state index is 12.7. The van der Waals surface area contributed by atoms with E-state index in [-0.39, 0.29) is 19.1 Å². The number of aliphatic carboxylic acids is 1. The predicted molar refractivity (Wildman–Crippen MR) is 75.4 cm³/mol. The number of benzene rings is 1. The van der Waals surface area contributed by atoms with Gasteiger partial charge in [-0.05, 0) is 19.1 Å². The Hall–Kier alpha value is -2.08. The van der Waals surface area contributed by atoms with Gasteiger partial charge < -0.3 is 19.5 Å². The van der Waals surface area contributed by atoms with Crippen LogP contribution in [0.1, 0.15) is 17.3 Å². The van der Waals surface area contributed by atoms with E-state index in [2.05, 4.69) is 0 Å². The molecule has 1 aromatic rings. The highest BCUT2D eigenvalue weighted by Gasteiger charge is 2.40. The van der Waals surface area contributed by atoms with E-state index in [4.69, 9.17) is 9.47 Å². The van der Waals surface area contributed by atoms with Crippen molar-refractivity contribution in [2.75, 3.05) is 26.9 Å². The minimum Gasteiger partial charge on any atom is -0.496 e. The Labute approximate surface area is 123 Å². The summed E-state index contributed by atoms with van der Waals surface area (Å²) in [7, 11) is 1.50. The molecule has 2 atom stereocenters. The fourth-order valence-corrected chi connectivity index (χ4v) is 2.59. The van der Waals surface area contributed by atoms with Gasteiger partial charge in [-0.15, -0.1) is 0 Å². The Bertz CT molecular complexity index is 531. The van der Waals surface area contributed by atoms with Crippen LogP contribution in [-0.2, 0) is 9.53 Å². The van der Waals surface area contributed by atoms with Crippen LogP contribution in [0.2, 0.25) is 0 Å². The molecule has 0 bridgehead atoms. The van der Waals surface area contributed by atoms with Gasteiger partial charge in [0.2, 0.25) is 0 Å². The standard InChI is InChI=1S/C15H19NO5/c1-3-16(12-9-21-8-11(12)15(18)19)14(17)10-6-4-5-7-13(10)20-2/h4-7,11-12H,3,8-9H2,1-2H3,(H,18,19). The topological polar surface area (TPSA) is 76.1 Å². The molecule has 1 fully saturated rings. The Morgan fingerprint density at radius 2 is 2.10 bits per heavy atom. The smallest absolute Gasteiger partial charge is 0.311 e. The molecular weight excluding hydrogens is 274 g/mol. The molecule has 1 amide bonds. The average Bonchev–Trinajstić information content (AvgIpc) is 2.97. The van der Waals surface area contributed by atoms with Crippen LogP contribution < -0.4 is 4.74 Å². The molecule has 1 heterocycles. The van der Waals surface area contributed by atoms with E-state index in [0.717, 1.165) is 0 Å². The average molecular weight is 293 g/mol. The third-order valence-electron chi connectivity index (χ3n) is 3.71. The Kier molecular flexibility index (Phi) is 4.80. The zero-order valence-electron chi connectivity index (χ0n) is 12.1. The summed E-state index contributed by atoms with van der Waals surface area (Å²) in [4.78, 5) is 25.5. The summed E-state index contributed by atoms with van der Waals surface area (Å²) in [5.74, 6) is -1.39. The first-order valence-electron chi connectivity index (χ1n) is 6.84. The second-order valence-electron chi connectivity index (χ2n) is 4.84. The van der Waals surface area contributed by atoms with Gasteiger partial charge in [0.15, 0.2) is 0 Å². The molecule has 6 nitrogen and oxygen atoms in total. The van der Waals surface area contributed by atoms with Gasteiger partial charge in [0, 0.05) is 6.54 Å². The second kappa shape index (κ2) is 6.58. The summed E-state index contributed by atoms with van der Waals surface area (Å²) in [5.41, 5.74) is 0.429. The molecule has 2 unspecified atom stereocenters. The number of likely N-dealkylation sites (N-methyl/N-ethyl adjacent to an activating group) is 1. The van der Waals surface area contributed by atoms with Crippen molar-refractivity contribution in [3.8, 4) is 5.75 Å². The molecule has 21 heavy (non-hydrogen) atoms. The first-order valence-corrected chi connectivity index (χ1v) is 6.84.